The van der Waals surface area contributed by atoms with Gasteiger partial charge >= 0.3 is 12.1 Å². The van der Waals surface area contributed by atoms with Crippen LogP contribution in [-0.4, -0.2) is 56.2 Å². The lowest BCUT2D eigenvalue weighted by Crippen LogP contribution is -2.47. The number of methoxy groups -OCH3 is 1. The van der Waals surface area contributed by atoms with Gasteiger partial charge in [-0.15, -0.1) is 0 Å². The first-order valence-corrected chi connectivity index (χ1v) is 10.7. The van der Waals surface area contributed by atoms with Gasteiger partial charge in [0.1, 0.15) is 6.04 Å². The summed E-state index contributed by atoms with van der Waals surface area (Å²) in [6.45, 7) is 1.37. The third kappa shape index (κ3) is 6.71. The lowest BCUT2D eigenvalue weighted by molar-refractivity contribution is -0.153. The van der Waals surface area contributed by atoms with E-state index in [1.54, 1.807) is 11.0 Å². The highest BCUT2D eigenvalue weighted by molar-refractivity contribution is 5.85. The molecule has 33 heavy (non-hydrogen) atoms. The second-order valence-electron chi connectivity index (χ2n) is 7.74. The number of hydrogen-bond acceptors (Lipinski definition) is 5. The van der Waals surface area contributed by atoms with E-state index in [0.29, 0.717) is 18.8 Å². The van der Waals surface area contributed by atoms with Crippen molar-refractivity contribution in [1.29, 1.82) is 0 Å². The zero-order valence-electron chi connectivity index (χ0n) is 18.4. The first-order valence-electron chi connectivity index (χ1n) is 10.7. The van der Waals surface area contributed by atoms with Crippen LogP contribution in [0.2, 0.25) is 0 Å². The van der Waals surface area contributed by atoms with Crippen LogP contribution in [0.3, 0.4) is 0 Å². The molecule has 0 spiro atoms. The molecule has 1 aliphatic rings. The standard InChI is InChI=1S/C24H27F3N2O4/c1-32-23(31)21(11-15-33-17-18-6-3-2-4-7-18)29-14-13-28(12-10-22(29)30)20-9-5-8-19(16-20)24(25,26)27/h2-9,16,21H,10-15,17H2,1H3. The first-order chi connectivity index (χ1) is 15.8. The quantitative estimate of drug-likeness (QED) is 0.438. The number of alkyl halides is 3. The topological polar surface area (TPSA) is 59.1 Å². The minimum atomic E-state index is -4.44. The lowest BCUT2D eigenvalue weighted by Gasteiger charge is -2.29. The molecule has 1 saturated heterocycles. The van der Waals surface area contributed by atoms with E-state index in [2.05, 4.69) is 0 Å². The summed E-state index contributed by atoms with van der Waals surface area (Å²) in [4.78, 5) is 28.4. The van der Waals surface area contributed by atoms with Crippen molar-refractivity contribution in [2.24, 2.45) is 0 Å². The van der Waals surface area contributed by atoms with Gasteiger partial charge in [0.05, 0.1) is 19.3 Å². The maximum absolute atomic E-state index is 13.1. The second-order valence-corrected chi connectivity index (χ2v) is 7.74. The van der Waals surface area contributed by atoms with Crippen LogP contribution in [0.5, 0.6) is 0 Å². The Morgan fingerprint density at radius 3 is 2.52 bits per heavy atom. The molecule has 1 atom stereocenters. The van der Waals surface area contributed by atoms with Gasteiger partial charge < -0.3 is 19.3 Å². The average Bonchev–Trinajstić information content (AvgIpc) is 3.00. The monoisotopic (exact) mass is 464 g/mol. The molecule has 1 fully saturated rings. The van der Waals surface area contributed by atoms with Crippen molar-refractivity contribution in [3.63, 3.8) is 0 Å². The molecule has 2 aromatic carbocycles. The highest BCUT2D eigenvalue weighted by atomic mass is 19.4. The van der Waals surface area contributed by atoms with E-state index in [9.17, 15) is 22.8 Å². The fourth-order valence-electron chi connectivity index (χ4n) is 3.80. The number of hydrogen-bond donors (Lipinski definition) is 0. The Kier molecular flexibility index (Phi) is 8.32. The summed E-state index contributed by atoms with van der Waals surface area (Å²) in [5, 5.41) is 0. The maximum atomic E-state index is 13.1. The summed E-state index contributed by atoms with van der Waals surface area (Å²) < 4.78 is 49.8. The van der Waals surface area contributed by atoms with Crippen molar-refractivity contribution in [3.8, 4) is 0 Å². The number of carbonyl (C=O) groups is 2. The molecule has 0 saturated carbocycles. The fourth-order valence-corrected chi connectivity index (χ4v) is 3.80. The number of nitrogens with zero attached hydrogens (tertiary/aromatic N) is 2. The molecule has 178 valence electrons. The molecule has 6 nitrogen and oxygen atoms in total. The van der Waals surface area contributed by atoms with E-state index >= 15 is 0 Å². The van der Waals surface area contributed by atoms with Gasteiger partial charge in [-0.3, -0.25) is 4.79 Å². The normalized spacial score (nSPS) is 15.8. The van der Waals surface area contributed by atoms with Gasteiger partial charge in [0.2, 0.25) is 5.91 Å². The third-order valence-corrected chi connectivity index (χ3v) is 5.56. The van der Waals surface area contributed by atoms with E-state index in [1.165, 1.54) is 18.1 Å². The molecule has 2 aromatic rings. The number of halogens is 3. The maximum Gasteiger partial charge on any atom is 0.416 e. The van der Waals surface area contributed by atoms with Crippen LogP contribution in [0, 0.1) is 0 Å². The van der Waals surface area contributed by atoms with Crippen molar-refractivity contribution < 1.29 is 32.2 Å². The predicted molar refractivity (Wildman–Crippen MR) is 117 cm³/mol. The second kappa shape index (κ2) is 11.2. The molecular formula is C24H27F3N2O4. The van der Waals surface area contributed by atoms with Crippen LogP contribution < -0.4 is 4.90 Å². The van der Waals surface area contributed by atoms with Crippen molar-refractivity contribution in [3.05, 3.63) is 65.7 Å². The first kappa shape index (κ1) is 24.6. The van der Waals surface area contributed by atoms with Gasteiger partial charge in [-0.1, -0.05) is 36.4 Å². The van der Waals surface area contributed by atoms with Gasteiger partial charge in [0, 0.05) is 44.8 Å². The van der Waals surface area contributed by atoms with Gasteiger partial charge in [0.25, 0.3) is 0 Å². The van der Waals surface area contributed by atoms with Crippen LogP contribution in [0.4, 0.5) is 18.9 Å². The van der Waals surface area contributed by atoms with Crippen LogP contribution in [0.25, 0.3) is 0 Å². The van der Waals surface area contributed by atoms with Crippen molar-refractivity contribution in [2.45, 2.75) is 31.7 Å². The number of ether oxygens (including phenoxy) is 2. The van der Waals surface area contributed by atoms with Crippen LogP contribution in [0.1, 0.15) is 24.0 Å². The number of carbonyl (C=O) groups excluding carboxylic acids is 2. The highest BCUT2D eigenvalue weighted by Gasteiger charge is 2.34. The molecule has 0 radical (unpaired) electrons. The Hall–Kier alpha value is -3.07. The molecule has 3 rings (SSSR count). The summed E-state index contributed by atoms with van der Waals surface area (Å²) in [5.41, 5.74) is 0.644. The molecule has 0 bridgehead atoms. The van der Waals surface area contributed by atoms with Crippen molar-refractivity contribution in [1.82, 2.24) is 4.90 Å². The average molecular weight is 464 g/mol. The van der Waals surface area contributed by atoms with E-state index in [4.69, 9.17) is 9.47 Å². The smallest absolute Gasteiger partial charge is 0.416 e. The Labute approximate surface area is 190 Å². The Balaban J connectivity index is 1.64. The van der Waals surface area contributed by atoms with Crippen LogP contribution >= 0.6 is 0 Å². The summed E-state index contributed by atoms with van der Waals surface area (Å²) in [6, 6.07) is 13.8. The van der Waals surface area contributed by atoms with E-state index < -0.39 is 23.8 Å². The number of rotatable bonds is 8. The minimum Gasteiger partial charge on any atom is -0.467 e. The highest BCUT2D eigenvalue weighted by Crippen LogP contribution is 2.32. The van der Waals surface area contributed by atoms with E-state index in [1.807, 2.05) is 30.3 Å². The Morgan fingerprint density at radius 1 is 1.06 bits per heavy atom. The van der Waals surface area contributed by atoms with Crippen molar-refractivity contribution >= 4 is 17.6 Å². The van der Waals surface area contributed by atoms with Gasteiger partial charge in [0.15, 0.2) is 0 Å². The minimum absolute atomic E-state index is 0.0780. The largest absolute Gasteiger partial charge is 0.467 e. The Morgan fingerprint density at radius 2 is 1.82 bits per heavy atom. The fraction of sp³-hybridized carbons (Fsp3) is 0.417. The molecule has 0 aliphatic carbocycles. The van der Waals surface area contributed by atoms with Gasteiger partial charge in [-0.25, -0.2) is 4.79 Å². The summed E-state index contributed by atoms with van der Waals surface area (Å²) in [6.07, 6.45) is -4.11. The number of benzene rings is 2. The SMILES string of the molecule is COC(=O)C(CCOCc1ccccc1)N1CCN(c2cccc(C(F)(F)F)c2)CCC1=O. The van der Waals surface area contributed by atoms with E-state index in [0.717, 1.165) is 17.7 Å². The number of anilines is 1. The van der Waals surface area contributed by atoms with Crippen molar-refractivity contribution in [2.75, 3.05) is 38.3 Å². The molecule has 1 unspecified atom stereocenters. The Bertz CT molecular complexity index is 937. The van der Waals surface area contributed by atoms with Crippen LogP contribution in [0.15, 0.2) is 54.6 Å². The molecule has 1 heterocycles. The molecule has 9 heteroatoms. The lowest BCUT2D eigenvalue weighted by atomic mass is 10.1. The van der Waals surface area contributed by atoms with Gasteiger partial charge in [-0.05, 0) is 23.8 Å². The molecular weight excluding hydrogens is 437 g/mol. The molecule has 1 amide bonds. The molecule has 0 aromatic heterocycles. The molecule has 1 aliphatic heterocycles. The third-order valence-electron chi connectivity index (χ3n) is 5.56. The summed E-state index contributed by atoms with van der Waals surface area (Å²) in [5.74, 6) is -0.790. The zero-order valence-corrected chi connectivity index (χ0v) is 18.4. The van der Waals surface area contributed by atoms with Crippen LogP contribution in [-0.2, 0) is 31.8 Å². The zero-order chi connectivity index (χ0) is 23.8. The number of amides is 1. The van der Waals surface area contributed by atoms with Gasteiger partial charge in [-0.2, -0.15) is 13.2 Å². The number of esters is 1. The summed E-state index contributed by atoms with van der Waals surface area (Å²) in [7, 11) is 1.26. The summed E-state index contributed by atoms with van der Waals surface area (Å²) >= 11 is 0. The molecule has 0 N–H and O–H groups in total. The van der Waals surface area contributed by atoms with E-state index in [-0.39, 0.29) is 38.4 Å². The predicted octanol–water partition coefficient (Wildman–Crippen LogP) is 3.89.